The molecule has 0 N–H and O–H groups in total. The minimum Gasteiger partial charge on any atom is -0.208 e. The van der Waals surface area contributed by atoms with Crippen LogP contribution in [0.2, 0.25) is 0 Å². The standard InChI is InChI=1S/C65H45N3/c1-43(45-21-7-3-8-22-45)37-52(38-44(2)46-23-9-4-10-24-46)63-66-62(67-64(68-63)53-40-50(47-25-11-5-12-26-47)39-51(41-53)48-27-13-6-14-28-48)49-35-36-57-56-31-17-20-34-60(56)65(61(57)42-49)58-32-18-15-29-54(58)55-30-16-19-33-59(55)65/h3-42H,1H2,2H3/b44-38+,52-37+. The molecule has 3 heteroatoms. The molecule has 0 fully saturated rings. The second kappa shape index (κ2) is 16.9. The number of rotatable bonds is 9. The van der Waals surface area contributed by atoms with Crippen molar-refractivity contribution in [1.82, 2.24) is 15.0 Å². The summed E-state index contributed by atoms with van der Waals surface area (Å²) in [7, 11) is 0. The summed E-state index contributed by atoms with van der Waals surface area (Å²) in [6.45, 7) is 6.72. The number of fused-ring (bicyclic) bond motifs is 10. The fraction of sp³-hybridized carbons (Fsp3) is 0.0308. The third-order valence-corrected chi connectivity index (χ3v) is 13.6. The average Bonchev–Trinajstić information content (AvgIpc) is 3.88. The number of hydrogen-bond acceptors (Lipinski definition) is 3. The van der Waals surface area contributed by atoms with Gasteiger partial charge in [0.25, 0.3) is 0 Å². The van der Waals surface area contributed by atoms with Crippen molar-refractivity contribution in [3.8, 4) is 67.3 Å². The monoisotopic (exact) mass is 867 g/mol. The molecular weight excluding hydrogens is 823 g/mol. The Hall–Kier alpha value is -8.79. The molecule has 320 valence electrons. The molecule has 0 atom stereocenters. The summed E-state index contributed by atoms with van der Waals surface area (Å²) in [5, 5.41) is 0. The molecular formula is C65H45N3. The Balaban J connectivity index is 1.12. The van der Waals surface area contributed by atoms with Crippen LogP contribution in [-0.2, 0) is 5.41 Å². The van der Waals surface area contributed by atoms with Gasteiger partial charge in [-0.3, -0.25) is 0 Å². The molecule has 9 aromatic carbocycles. The number of nitrogens with zero attached hydrogens (tertiary/aromatic N) is 3. The van der Waals surface area contributed by atoms with Crippen molar-refractivity contribution >= 4 is 16.7 Å². The van der Waals surface area contributed by atoms with Crippen molar-refractivity contribution in [2.75, 3.05) is 0 Å². The van der Waals surface area contributed by atoms with Crippen molar-refractivity contribution in [2.45, 2.75) is 12.3 Å². The molecule has 0 radical (unpaired) electrons. The van der Waals surface area contributed by atoms with Crippen molar-refractivity contribution in [2.24, 2.45) is 0 Å². The van der Waals surface area contributed by atoms with E-state index in [1.165, 1.54) is 44.5 Å². The summed E-state index contributed by atoms with van der Waals surface area (Å²) in [5.74, 6) is 1.72. The lowest BCUT2D eigenvalue weighted by atomic mass is 9.70. The van der Waals surface area contributed by atoms with Gasteiger partial charge in [-0.1, -0.05) is 213 Å². The summed E-state index contributed by atoms with van der Waals surface area (Å²) < 4.78 is 0. The smallest absolute Gasteiger partial charge is 0.164 e. The van der Waals surface area contributed by atoms with Gasteiger partial charge in [-0.05, 0) is 132 Å². The lowest BCUT2D eigenvalue weighted by Crippen LogP contribution is -2.25. The second-order valence-corrected chi connectivity index (χ2v) is 17.7. The summed E-state index contributed by atoms with van der Waals surface area (Å²) in [4.78, 5) is 16.4. The quantitative estimate of drug-likeness (QED) is 0.136. The molecule has 0 bridgehead atoms. The number of hydrogen-bond donors (Lipinski definition) is 0. The van der Waals surface area contributed by atoms with Crippen LogP contribution in [0.3, 0.4) is 0 Å². The zero-order valence-corrected chi connectivity index (χ0v) is 37.6. The van der Waals surface area contributed by atoms with Crippen molar-refractivity contribution in [3.05, 3.63) is 288 Å². The maximum Gasteiger partial charge on any atom is 0.164 e. The zero-order valence-electron chi connectivity index (χ0n) is 37.6. The number of aromatic nitrogens is 3. The normalized spacial score (nSPS) is 13.1. The van der Waals surface area contributed by atoms with Gasteiger partial charge in [-0.2, -0.15) is 0 Å². The summed E-state index contributed by atoms with van der Waals surface area (Å²) in [5.41, 5.74) is 20.7. The van der Waals surface area contributed by atoms with E-state index in [0.717, 1.165) is 61.2 Å². The minimum atomic E-state index is -0.517. The third-order valence-electron chi connectivity index (χ3n) is 13.6. The van der Waals surface area contributed by atoms with Gasteiger partial charge in [0.15, 0.2) is 17.5 Å². The van der Waals surface area contributed by atoms with E-state index in [-0.39, 0.29) is 0 Å². The van der Waals surface area contributed by atoms with Crippen molar-refractivity contribution in [1.29, 1.82) is 0 Å². The molecule has 10 aromatic rings. The molecule has 0 aliphatic heterocycles. The lowest BCUT2D eigenvalue weighted by molar-refractivity contribution is 0.794. The van der Waals surface area contributed by atoms with Gasteiger partial charge >= 0.3 is 0 Å². The van der Waals surface area contributed by atoms with Crippen LogP contribution in [0.1, 0.15) is 46.1 Å². The van der Waals surface area contributed by atoms with Crippen LogP contribution in [0.5, 0.6) is 0 Å². The van der Waals surface area contributed by atoms with E-state index in [9.17, 15) is 0 Å². The average molecular weight is 868 g/mol. The molecule has 1 heterocycles. The van der Waals surface area contributed by atoms with E-state index in [4.69, 9.17) is 15.0 Å². The van der Waals surface area contributed by atoms with Crippen molar-refractivity contribution in [3.63, 3.8) is 0 Å². The van der Waals surface area contributed by atoms with Crippen LogP contribution in [0, 0.1) is 0 Å². The van der Waals surface area contributed by atoms with Gasteiger partial charge in [0.1, 0.15) is 0 Å². The molecule has 0 amide bonds. The fourth-order valence-corrected chi connectivity index (χ4v) is 10.5. The second-order valence-electron chi connectivity index (χ2n) is 17.7. The molecule has 1 spiro atoms. The predicted molar refractivity (Wildman–Crippen MR) is 281 cm³/mol. The molecule has 2 aliphatic rings. The minimum absolute atomic E-state index is 0.517. The first-order valence-corrected chi connectivity index (χ1v) is 23.2. The van der Waals surface area contributed by atoms with Crippen LogP contribution in [0.15, 0.2) is 249 Å². The third kappa shape index (κ3) is 6.96. The van der Waals surface area contributed by atoms with Crippen LogP contribution in [-0.4, -0.2) is 15.0 Å². The summed E-state index contributed by atoms with van der Waals surface area (Å²) >= 11 is 0. The first-order chi connectivity index (χ1) is 33.5. The summed E-state index contributed by atoms with van der Waals surface area (Å²) in [6.07, 6.45) is 4.30. The molecule has 0 unspecified atom stereocenters. The highest BCUT2D eigenvalue weighted by molar-refractivity contribution is 5.96. The Bertz CT molecular complexity index is 3500. The zero-order chi connectivity index (χ0) is 45.6. The number of benzene rings is 9. The molecule has 0 saturated carbocycles. The Kier molecular flexibility index (Phi) is 10.1. The topological polar surface area (TPSA) is 38.7 Å². The van der Waals surface area contributed by atoms with E-state index in [1.54, 1.807) is 0 Å². The predicted octanol–water partition coefficient (Wildman–Crippen LogP) is 16.1. The first kappa shape index (κ1) is 40.7. The van der Waals surface area contributed by atoms with Gasteiger partial charge in [0.05, 0.1) is 5.41 Å². The van der Waals surface area contributed by atoms with Gasteiger partial charge in [0.2, 0.25) is 0 Å². The van der Waals surface area contributed by atoms with Gasteiger partial charge < -0.3 is 0 Å². The largest absolute Gasteiger partial charge is 0.208 e. The Labute approximate surface area is 397 Å². The van der Waals surface area contributed by atoms with Crippen LogP contribution in [0.25, 0.3) is 84.0 Å². The van der Waals surface area contributed by atoms with Crippen LogP contribution in [0.4, 0.5) is 0 Å². The van der Waals surface area contributed by atoms with E-state index < -0.39 is 5.41 Å². The first-order valence-electron chi connectivity index (χ1n) is 23.2. The van der Waals surface area contributed by atoms with E-state index in [1.807, 2.05) is 24.3 Å². The Morgan fingerprint density at radius 1 is 0.368 bits per heavy atom. The molecule has 3 nitrogen and oxygen atoms in total. The van der Waals surface area contributed by atoms with E-state index in [0.29, 0.717) is 17.5 Å². The number of allylic oxidation sites excluding steroid dienone is 5. The fourth-order valence-electron chi connectivity index (χ4n) is 10.5. The molecule has 1 aromatic heterocycles. The SMILES string of the molecule is C=C(/C=C(\C=C(/C)c1ccccc1)c1nc(-c2cc(-c3ccccc3)cc(-c3ccccc3)c2)nc(-c2ccc3c(c2)C2(c4ccccc4-c4ccccc42)c2ccccc2-3)n1)c1ccccc1. The van der Waals surface area contributed by atoms with Crippen molar-refractivity contribution < 1.29 is 0 Å². The van der Waals surface area contributed by atoms with Gasteiger partial charge in [0, 0.05) is 16.7 Å². The molecule has 2 aliphatic carbocycles. The van der Waals surface area contributed by atoms with Crippen LogP contribution >= 0.6 is 0 Å². The highest BCUT2D eigenvalue weighted by Crippen LogP contribution is 2.63. The Morgan fingerprint density at radius 2 is 0.794 bits per heavy atom. The molecule has 12 rings (SSSR count). The maximum absolute atomic E-state index is 5.49. The molecule has 0 saturated heterocycles. The molecule has 68 heavy (non-hydrogen) atoms. The van der Waals surface area contributed by atoms with Gasteiger partial charge in [-0.15, -0.1) is 0 Å². The van der Waals surface area contributed by atoms with E-state index >= 15 is 0 Å². The Morgan fingerprint density at radius 3 is 1.32 bits per heavy atom. The lowest BCUT2D eigenvalue weighted by Gasteiger charge is -2.30. The van der Waals surface area contributed by atoms with Gasteiger partial charge in [-0.25, -0.2) is 15.0 Å². The van der Waals surface area contributed by atoms with Crippen LogP contribution < -0.4 is 0 Å². The maximum atomic E-state index is 5.49. The highest BCUT2D eigenvalue weighted by Gasteiger charge is 2.51. The van der Waals surface area contributed by atoms with E-state index in [2.05, 4.69) is 232 Å². The summed E-state index contributed by atoms with van der Waals surface area (Å²) in [6, 6.07) is 82.1. The highest BCUT2D eigenvalue weighted by atomic mass is 15.0.